The third-order valence-electron chi connectivity index (χ3n) is 4.39. The highest BCUT2D eigenvalue weighted by atomic mass is 32.1. The predicted molar refractivity (Wildman–Crippen MR) is 83.9 cm³/mol. The summed E-state index contributed by atoms with van der Waals surface area (Å²) in [6.07, 6.45) is 2.00. The maximum absolute atomic E-state index is 11.9. The van der Waals surface area contributed by atoms with Crippen molar-refractivity contribution < 1.29 is 4.79 Å². The van der Waals surface area contributed by atoms with Gasteiger partial charge >= 0.3 is 0 Å². The molecule has 4 nitrogen and oxygen atoms in total. The molecule has 106 valence electrons. The van der Waals surface area contributed by atoms with Gasteiger partial charge < -0.3 is 16.0 Å². The van der Waals surface area contributed by atoms with Gasteiger partial charge in [0.1, 0.15) is 4.99 Å². The quantitative estimate of drug-likeness (QED) is 0.807. The van der Waals surface area contributed by atoms with E-state index in [1.807, 2.05) is 12.1 Å². The molecule has 2 fully saturated rings. The molecule has 2 saturated heterocycles. The molecule has 0 radical (unpaired) electrons. The zero-order valence-corrected chi connectivity index (χ0v) is 12.4. The number of thiocarbonyl (C=S) groups is 1. The van der Waals surface area contributed by atoms with Crippen molar-refractivity contribution >= 4 is 28.8 Å². The topological polar surface area (TPSA) is 58.4 Å². The van der Waals surface area contributed by atoms with E-state index in [0.29, 0.717) is 11.5 Å². The van der Waals surface area contributed by atoms with Crippen LogP contribution in [0.3, 0.4) is 0 Å². The van der Waals surface area contributed by atoms with E-state index in [0.717, 1.165) is 36.2 Å². The largest absolute Gasteiger partial charge is 0.389 e. The minimum Gasteiger partial charge on any atom is -0.389 e. The Balaban J connectivity index is 2.04. The van der Waals surface area contributed by atoms with Crippen LogP contribution in [0.2, 0.25) is 0 Å². The number of anilines is 1. The van der Waals surface area contributed by atoms with Gasteiger partial charge in [-0.25, -0.2) is 0 Å². The van der Waals surface area contributed by atoms with E-state index >= 15 is 0 Å². The van der Waals surface area contributed by atoms with Gasteiger partial charge in [0.25, 0.3) is 0 Å². The molecule has 3 N–H and O–H groups in total. The average molecular weight is 289 g/mol. The summed E-state index contributed by atoms with van der Waals surface area (Å²) >= 11 is 5.19. The van der Waals surface area contributed by atoms with E-state index in [1.165, 1.54) is 0 Å². The molecule has 3 rings (SSSR count). The van der Waals surface area contributed by atoms with E-state index in [-0.39, 0.29) is 17.9 Å². The number of aryl methyl sites for hydroxylation is 1. The fourth-order valence-corrected chi connectivity index (χ4v) is 3.63. The number of rotatable bonds is 2. The normalized spacial score (nSPS) is 25.2. The van der Waals surface area contributed by atoms with Gasteiger partial charge in [-0.05, 0) is 31.4 Å². The summed E-state index contributed by atoms with van der Waals surface area (Å²) in [6, 6.07) is 6.25. The summed E-state index contributed by atoms with van der Waals surface area (Å²) < 4.78 is 0. The van der Waals surface area contributed by atoms with Gasteiger partial charge in [0.2, 0.25) is 5.91 Å². The fourth-order valence-electron chi connectivity index (χ4n) is 3.47. The number of nitrogens with two attached hydrogens (primary N) is 1. The number of para-hydroxylation sites is 1. The summed E-state index contributed by atoms with van der Waals surface area (Å²) in [5.74, 6) is 0.285. The number of benzene rings is 1. The van der Waals surface area contributed by atoms with Crippen LogP contribution in [-0.4, -0.2) is 30.0 Å². The van der Waals surface area contributed by atoms with Gasteiger partial charge in [-0.15, -0.1) is 0 Å². The molecule has 2 aliphatic heterocycles. The lowest BCUT2D eigenvalue weighted by molar-refractivity contribution is -0.122. The maximum Gasteiger partial charge on any atom is 0.225 e. The molecule has 2 atom stereocenters. The second kappa shape index (κ2) is 5.05. The Bertz CT molecular complexity index is 572. The van der Waals surface area contributed by atoms with Crippen LogP contribution in [0.5, 0.6) is 0 Å². The molecular weight excluding hydrogens is 270 g/mol. The number of hydrogen-bond donors (Lipinski definition) is 2. The summed E-state index contributed by atoms with van der Waals surface area (Å²) in [7, 11) is 0. The van der Waals surface area contributed by atoms with Crippen molar-refractivity contribution in [2.45, 2.75) is 25.8 Å². The number of carbonyl (C=O) groups is 1. The first-order valence-corrected chi connectivity index (χ1v) is 7.44. The summed E-state index contributed by atoms with van der Waals surface area (Å²) in [4.78, 5) is 14.6. The summed E-state index contributed by atoms with van der Waals surface area (Å²) in [5, 5.41) is 2.98. The van der Waals surface area contributed by atoms with E-state index in [9.17, 15) is 4.79 Å². The van der Waals surface area contributed by atoms with Crippen molar-refractivity contribution in [3.05, 3.63) is 29.3 Å². The smallest absolute Gasteiger partial charge is 0.225 e. The SMILES string of the molecule is Cc1cccc(C(N)=S)c1N1CCCC2C(=O)NCC21. The zero-order chi connectivity index (χ0) is 14.3. The van der Waals surface area contributed by atoms with Gasteiger partial charge in [0.15, 0.2) is 0 Å². The van der Waals surface area contributed by atoms with Crippen molar-refractivity contribution in [3.63, 3.8) is 0 Å². The number of piperidine rings is 1. The van der Waals surface area contributed by atoms with Gasteiger partial charge in [0, 0.05) is 18.7 Å². The Morgan fingerprint density at radius 1 is 1.50 bits per heavy atom. The first kappa shape index (κ1) is 13.4. The predicted octanol–water partition coefficient (Wildman–Crippen LogP) is 1.34. The average Bonchev–Trinajstić information content (AvgIpc) is 2.80. The van der Waals surface area contributed by atoms with E-state index in [1.54, 1.807) is 0 Å². The molecule has 0 aliphatic carbocycles. The fraction of sp³-hybridized carbons (Fsp3) is 0.467. The molecule has 1 aromatic carbocycles. The molecule has 1 aromatic rings. The molecule has 1 amide bonds. The minimum atomic E-state index is 0.0996. The van der Waals surface area contributed by atoms with Gasteiger partial charge in [-0.2, -0.15) is 0 Å². The van der Waals surface area contributed by atoms with E-state index in [2.05, 4.69) is 23.2 Å². The van der Waals surface area contributed by atoms with Crippen LogP contribution in [0.15, 0.2) is 18.2 Å². The van der Waals surface area contributed by atoms with Crippen LogP contribution in [0.4, 0.5) is 5.69 Å². The molecule has 20 heavy (non-hydrogen) atoms. The maximum atomic E-state index is 11.9. The molecular formula is C15H19N3OS. The minimum absolute atomic E-state index is 0.0996. The number of fused-ring (bicyclic) bond motifs is 1. The standard InChI is InChI=1S/C15H19N3OS/c1-9-4-2-5-11(14(16)20)13(9)18-7-3-6-10-12(18)8-17-15(10)19/h2,4-5,10,12H,3,6-8H2,1H3,(H2,16,20)(H,17,19). The Morgan fingerprint density at radius 2 is 2.30 bits per heavy atom. The number of nitrogens with zero attached hydrogens (tertiary/aromatic N) is 1. The molecule has 0 aromatic heterocycles. The summed E-state index contributed by atoms with van der Waals surface area (Å²) in [5.41, 5.74) is 9.06. The number of hydrogen-bond acceptors (Lipinski definition) is 3. The molecule has 0 bridgehead atoms. The number of carbonyl (C=O) groups excluding carboxylic acids is 1. The zero-order valence-electron chi connectivity index (χ0n) is 11.6. The molecule has 5 heteroatoms. The lowest BCUT2D eigenvalue weighted by atomic mass is 9.90. The van der Waals surface area contributed by atoms with Crippen LogP contribution < -0.4 is 16.0 Å². The lowest BCUT2D eigenvalue weighted by Gasteiger charge is -2.39. The molecule has 0 spiro atoms. The number of amides is 1. The van der Waals surface area contributed by atoms with Crippen molar-refractivity contribution in [1.82, 2.24) is 5.32 Å². The van der Waals surface area contributed by atoms with Crippen molar-refractivity contribution in [3.8, 4) is 0 Å². The van der Waals surface area contributed by atoms with Crippen molar-refractivity contribution in [2.24, 2.45) is 11.7 Å². The molecule has 2 aliphatic rings. The Labute approximate surface area is 124 Å². The molecule has 0 saturated carbocycles. The van der Waals surface area contributed by atoms with E-state index in [4.69, 9.17) is 18.0 Å². The van der Waals surface area contributed by atoms with Crippen LogP contribution in [0, 0.1) is 12.8 Å². The Morgan fingerprint density at radius 3 is 3.05 bits per heavy atom. The van der Waals surface area contributed by atoms with Crippen LogP contribution >= 0.6 is 12.2 Å². The van der Waals surface area contributed by atoms with Crippen LogP contribution in [-0.2, 0) is 4.79 Å². The van der Waals surface area contributed by atoms with Crippen LogP contribution in [0.25, 0.3) is 0 Å². The third kappa shape index (κ3) is 2.06. The Kier molecular flexibility index (Phi) is 3.38. The van der Waals surface area contributed by atoms with Crippen molar-refractivity contribution in [2.75, 3.05) is 18.0 Å². The van der Waals surface area contributed by atoms with Gasteiger partial charge in [-0.3, -0.25) is 4.79 Å². The molecule has 2 heterocycles. The monoisotopic (exact) mass is 289 g/mol. The van der Waals surface area contributed by atoms with Crippen molar-refractivity contribution in [1.29, 1.82) is 0 Å². The highest BCUT2D eigenvalue weighted by Gasteiger charge is 2.41. The summed E-state index contributed by atoms with van der Waals surface area (Å²) in [6.45, 7) is 3.75. The van der Waals surface area contributed by atoms with Gasteiger partial charge in [0.05, 0.1) is 17.6 Å². The highest BCUT2D eigenvalue weighted by molar-refractivity contribution is 7.80. The van der Waals surface area contributed by atoms with Crippen LogP contribution in [0.1, 0.15) is 24.0 Å². The highest BCUT2D eigenvalue weighted by Crippen LogP contribution is 2.35. The first-order valence-electron chi connectivity index (χ1n) is 7.03. The van der Waals surface area contributed by atoms with E-state index < -0.39 is 0 Å². The van der Waals surface area contributed by atoms with Gasteiger partial charge in [-0.1, -0.05) is 24.4 Å². The lowest BCUT2D eigenvalue weighted by Crippen LogP contribution is -2.46. The molecule has 2 unspecified atom stereocenters. The number of nitrogens with one attached hydrogen (secondary N) is 1. The second-order valence-corrected chi connectivity index (χ2v) is 6.03. The first-order chi connectivity index (χ1) is 9.59. The third-order valence-corrected chi connectivity index (χ3v) is 4.61. The Hall–Kier alpha value is -1.62. The second-order valence-electron chi connectivity index (χ2n) is 5.59.